The van der Waals surface area contributed by atoms with Gasteiger partial charge in [-0.05, 0) is 12.8 Å². The first-order valence-corrected chi connectivity index (χ1v) is 7.00. The molecule has 21 heavy (non-hydrogen) atoms. The van der Waals surface area contributed by atoms with E-state index in [1.807, 2.05) is 0 Å². The quantitative estimate of drug-likeness (QED) is 0.316. The van der Waals surface area contributed by atoms with E-state index in [4.69, 9.17) is 14.6 Å². The number of rotatable bonds is 8. The van der Waals surface area contributed by atoms with Crippen molar-refractivity contribution in [3.63, 3.8) is 0 Å². The molecule has 0 aromatic rings. The Bertz CT molecular complexity index is 309. The first kappa shape index (κ1) is 18.3. The van der Waals surface area contributed by atoms with Gasteiger partial charge in [0.05, 0.1) is 13.7 Å². The molecule has 124 valence electrons. The highest BCUT2D eigenvalue weighted by atomic mass is 16.7. The number of methoxy groups -OCH3 is 1. The third-order valence-corrected chi connectivity index (χ3v) is 3.38. The summed E-state index contributed by atoms with van der Waals surface area (Å²) in [7, 11) is 1.34. The lowest BCUT2D eigenvalue weighted by Gasteiger charge is -2.39. The van der Waals surface area contributed by atoms with Crippen molar-refractivity contribution in [2.24, 2.45) is 0 Å². The minimum absolute atomic E-state index is 0.259. The Morgan fingerprint density at radius 1 is 1.10 bits per heavy atom. The van der Waals surface area contributed by atoms with Crippen LogP contribution in [0.15, 0.2) is 0 Å². The van der Waals surface area contributed by atoms with Crippen molar-refractivity contribution < 1.29 is 39.4 Å². The summed E-state index contributed by atoms with van der Waals surface area (Å²) in [6.45, 7) is -0.214. The van der Waals surface area contributed by atoms with Crippen LogP contribution < -0.4 is 0 Å². The second-order valence-corrected chi connectivity index (χ2v) is 4.95. The molecule has 1 aliphatic rings. The second-order valence-electron chi connectivity index (χ2n) is 4.95. The maximum atomic E-state index is 10.9. The number of ether oxygens (including phenoxy) is 3. The molecule has 0 amide bonds. The molecule has 0 saturated carbocycles. The van der Waals surface area contributed by atoms with Crippen LogP contribution in [0.25, 0.3) is 0 Å². The highest BCUT2D eigenvalue weighted by molar-refractivity contribution is 5.68. The van der Waals surface area contributed by atoms with Gasteiger partial charge >= 0.3 is 5.97 Å². The third-order valence-electron chi connectivity index (χ3n) is 3.38. The highest BCUT2D eigenvalue weighted by Gasteiger charge is 2.43. The average Bonchev–Trinajstić information content (AvgIpc) is 2.50. The summed E-state index contributed by atoms with van der Waals surface area (Å²) >= 11 is 0. The second kappa shape index (κ2) is 9.29. The highest BCUT2D eigenvalue weighted by Crippen LogP contribution is 2.22. The van der Waals surface area contributed by atoms with Crippen LogP contribution in [0, 0.1) is 0 Å². The number of carbonyl (C=O) groups excluding carboxylic acids is 1. The molecule has 1 fully saturated rings. The molecule has 8 heteroatoms. The Kier molecular flexibility index (Phi) is 8.09. The van der Waals surface area contributed by atoms with Gasteiger partial charge in [-0.25, -0.2) is 0 Å². The van der Waals surface area contributed by atoms with E-state index in [1.165, 1.54) is 7.11 Å². The van der Waals surface area contributed by atoms with E-state index in [1.54, 1.807) is 0 Å². The maximum absolute atomic E-state index is 10.9. The van der Waals surface area contributed by atoms with Crippen molar-refractivity contribution in [2.75, 3.05) is 20.3 Å². The van der Waals surface area contributed by atoms with Gasteiger partial charge in [-0.1, -0.05) is 6.42 Å². The molecule has 0 aromatic heterocycles. The zero-order chi connectivity index (χ0) is 15.8. The lowest BCUT2D eigenvalue weighted by atomic mass is 9.99. The average molecular weight is 308 g/mol. The predicted octanol–water partition coefficient (Wildman–Crippen LogP) is -1.46. The molecule has 0 spiro atoms. The minimum atomic E-state index is -1.43. The molecule has 0 unspecified atom stereocenters. The number of hydrogen-bond donors (Lipinski definition) is 4. The predicted molar refractivity (Wildman–Crippen MR) is 70.2 cm³/mol. The SMILES string of the molecule is COC(=O)CCCCCO[C@H]1O[C@H](CO)[C@H](O)[C@H](O)[C@H]1O. The molecule has 4 N–H and O–H groups in total. The van der Waals surface area contributed by atoms with Crippen LogP contribution in [-0.2, 0) is 19.0 Å². The van der Waals surface area contributed by atoms with Gasteiger partial charge in [-0.2, -0.15) is 0 Å². The largest absolute Gasteiger partial charge is 0.469 e. The summed E-state index contributed by atoms with van der Waals surface area (Å²) in [5.41, 5.74) is 0. The topological polar surface area (TPSA) is 126 Å². The van der Waals surface area contributed by atoms with E-state index in [2.05, 4.69) is 4.74 Å². The summed E-state index contributed by atoms with van der Waals surface area (Å²) in [5.74, 6) is -0.259. The number of esters is 1. The normalized spacial score (nSPS) is 32.9. The van der Waals surface area contributed by atoms with Gasteiger partial charge < -0.3 is 34.6 Å². The van der Waals surface area contributed by atoms with Crippen LogP contribution in [0.5, 0.6) is 0 Å². The van der Waals surface area contributed by atoms with Gasteiger partial charge in [-0.15, -0.1) is 0 Å². The summed E-state index contributed by atoms with van der Waals surface area (Å²) in [4.78, 5) is 10.9. The Morgan fingerprint density at radius 3 is 2.43 bits per heavy atom. The lowest BCUT2D eigenvalue weighted by molar-refractivity contribution is -0.301. The Hall–Kier alpha value is -0.770. The molecular formula is C13H24O8. The van der Waals surface area contributed by atoms with Crippen molar-refractivity contribution >= 4 is 5.97 Å². The van der Waals surface area contributed by atoms with Crippen molar-refractivity contribution in [3.8, 4) is 0 Å². The monoisotopic (exact) mass is 308 g/mol. The molecule has 0 aromatic carbocycles. The zero-order valence-corrected chi connectivity index (χ0v) is 12.1. The molecule has 1 aliphatic heterocycles. The molecule has 0 radical (unpaired) electrons. The van der Waals surface area contributed by atoms with Gasteiger partial charge in [0, 0.05) is 13.0 Å². The molecule has 1 saturated heterocycles. The van der Waals surface area contributed by atoms with E-state index in [-0.39, 0.29) is 12.6 Å². The van der Waals surface area contributed by atoms with Crippen molar-refractivity contribution in [3.05, 3.63) is 0 Å². The Morgan fingerprint density at radius 2 is 1.81 bits per heavy atom. The molecule has 0 aliphatic carbocycles. The Labute approximate surface area is 123 Å². The molecule has 1 heterocycles. The maximum Gasteiger partial charge on any atom is 0.305 e. The van der Waals surface area contributed by atoms with E-state index in [0.29, 0.717) is 19.3 Å². The van der Waals surface area contributed by atoms with Crippen molar-refractivity contribution in [2.45, 2.75) is 56.4 Å². The van der Waals surface area contributed by atoms with Crippen molar-refractivity contribution in [1.29, 1.82) is 0 Å². The Balaban J connectivity index is 2.23. The third kappa shape index (κ3) is 5.50. The molecule has 8 nitrogen and oxygen atoms in total. The van der Waals surface area contributed by atoms with Gasteiger partial charge in [0.2, 0.25) is 0 Å². The van der Waals surface area contributed by atoms with Crippen molar-refractivity contribution in [1.82, 2.24) is 0 Å². The number of carbonyl (C=O) groups is 1. The fourth-order valence-corrected chi connectivity index (χ4v) is 2.05. The fourth-order valence-electron chi connectivity index (χ4n) is 2.05. The summed E-state index contributed by atoms with van der Waals surface area (Å²) in [6, 6.07) is 0. The van der Waals surface area contributed by atoms with E-state index >= 15 is 0 Å². The summed E-state index contributed by atoms with van der Waals surface area (Å²) in [6.07, 6.45) is -3.85. The van der Waals surface area contributed by atoms with E-state index in [9.17, 15) is 20.1 Å². The number of unbranched alkanes of at least 4 members (excludes halogenated alkanes) is 2. The van der Waals surface area contributed by atoms with E-state index in [0.717, 1.165) is 6.42 Å². The first-order chi connectivity index (χ1) is 10.0. The van der Waals surface area contributed by atoms with Gasteiger partial charge in [0.1, 0.15) is 24.4 Å². The summed E-state index contributed by atoms with van der Waals surface area (Å²) < 4.78 is 15.0. The van der Waals surface area contributed by atoms with Crippen LogP contribution in [0.3, 0.4) is 0 Å². The van der Waals surface area contributed by atoms with Gasteiger partial charge in [0.25, 0.3) is 0 Å². The molecular weight excluding hydrogens is 284 g/mol. The van der Waals surface area contributed by atoms with Crippen LogP contribution in [-0.4, -0.2) is 77.4 Å². The minimum Gasteiger partial charge on any atom is -0.469 e. The lowest BCUT2D eigenvalue weighted by Crippen LogP contribution is -2.59. The first-order valence-electron chi connectivity index (χ1n) is 7.00. The van der Waals surface area contributed by atoms with E-state index < -0.39 is 37.3 Å². The van der Waals surface area contributed by atoms with Gasteiger partial charge in [0.15, 0.2) is 6.29 Å². The molecule has 0 bridgehead atoms. The smallest absolute Gasteiger partial charge is 0.305 e. The van der Waals surface area contributed by atoms with Crippen LogP contribution >= 0.6 is 0 Å². The standard InChI is InChI=1S/C13H24O8/c1-19-9(15)5-3-2-4-6-20-13-12(18)11(17)10(16)8(7-14)21-13/h8,10-14,16-18H,2-7H2,1H3/t8-,10+,11+,12-,13+/m1/s1. The van der Waals surface area contributed by atoms with Crippen LogP contribution in [0.2, 0.25) is 0 Å². The molecule has 1 rings (SSSR count). The van der Waals surface area contributed by atoms with Gasteiger partial charge in [-0.3, -0.25) is 4.79 Å². The zero-order valence-electron chi connectivity index (χ0n) is 12.1. The van der Waals surface area contributed by atoms with Crippen LogP contribution in [0.1, 0.15) is 25.7 Å². The number of aliphatic hydroxyl groups is 4. The molecule has 5 atom stereocenters. The number of aliphatic hydroxyl groups excluding tert-OH is 4. The summed E-state index contributed by atoms with van der Waals surface area (Å²) in [5, 5.41) is 37.9. The van der Waals surface area contributed by atoms with Crippen LogP contribution in [0.4, 0.5) is 0 Å². The fraction of sp³-hybridized carbons (Fsp3) is 0.923. The number of hydrogen-bond acceptors (Lipinski definition) is 8.